The molecule has 0 spiro atoms. The zero-order valence-electron chi connectivity index (χ0n) is 16.4. The number of aromatic nitrogens is 2. The van der Waals surface area contributed by atoms with Crippen molar-refractivity contribution in [3.63, 3.8) is 0 Å². The monoisotopic (exact) mass is 491 g/mol. The van der Waals surface area contributed by atoms with Gasteiger partial charge in [-0.25, -0.2) is 4.98 Å². The molecule has 0 radical (unpaired) electrons. The molecule has 1 N–H and O–H groups in total. The van der Waals surface area contributed by atoms with Crippen molar-refractivity contribution in [3.8, 4) is 11.1 Å². The Balaban J connectivity index is 1.75. The molecule has 4 aromatic rings. The molecule has 0 aliphatic carbocycles. The SMILES string of the molecule is Cc1sc2ncn(C(C)C(=O)Nc3cc(Cl)cc(Cl)c3)c(=O)c2c1-c1ccc(Cl)cc1. The van der Waals surface area contributed by atoms with Crippen LogP contribution in [-0.2, 0) is 4.79 Å². The number of carbonyl (C=O) groups is 1. The van der Waals surface area contributed by atoms with E-state index in [-0.39, 0.29) is 11.5 Å². The molecule has 0 saturated carbocycles. The number of benzene rings is 2. The van der Waals surface area contributed by atoms with Crippen LogP contribution in [0.2, 0.25) is 15.1 Å². The molecular weight excluding hydrogens is 477 g/mol. The third-order valence-electron chi connectivity index (χ3n) is 4.87. The Hall–Kier alpha value is -2.38. The highest BCUT2D eigenvalue weighted by Gasteiger charge is 2.22. The molecule has 0 saturated heterocycles. The van der Waals surface area contributed by atoms with Gasteiger partial charge in [-0.2, -0.15) is 0 Å². The van der Waals surface area contributed by atoms with Gasteiger partial charge in [-0.1, -0.05) is 46.9 Å². The summed E-state index contributed by atoms with van der Waals surface area (Å²) in [7, 11) is 0. The zero-order chi connectivity index (χ0) is 22.3. The number of aryl methyl sites for hydroxylation is 1. The minimum atomic E-state index is -0.805. The van der Waals surface area contributed by atoms with Gasteiger partial charge in [0, 0.05) is 31.2 Å². The third-order valence-corrected chi connectivity index (χ3v) is 6.57. The molecule has 2 heterocycles. The van der Waals surface area contributed by atoms with E-state index in [4.69, 9.17) is 34.8 Å². The van der Waals surface area contributed by atoms with Crippen molar-refractivity contribution in [2.24, 2.45) is 0 Å². The molecule has 0 aliphatic rings. The minimum absolute atomic E-state index is 0.286. The summed E-state index contributed by atoms with van der Waals surface area (Å²) in [4.78, 5) is 32.2. The van der Waals surface area contributed by atoms with E-state index in [2.05, 4.69) is 10.3 Å². The van der Waals surface area contributed by atoms with Crippen molar-refractivity contribution in [2.45, 2.75) is 19.9 Å². The van der Waals surface area contributed by atoms with Crippen LogP contribution in [0.25, 0.3) is 21.3 Å². The fourth-order valence-electron chi connectivity index (χ4n) is 3.35. The number of halogens is 3. The van der Waals surface area contributed by atoms with Gasteiger partial charge < -0.3 is 5.32 Å². The van der Waals surface area contributed by atoms with E-state index in [1.807, 2.05) is 19.1 Å². The number of nitrogens with zero attached hydrogens (tertiary/aromatic N) is 2. The Kier molecular flexibility index (Phi) is 6.08. The molecular formula is C22H16Cl3N3O2S. The van der Waals surface area contributed by atoms with Gasteiger partial charge in [-0.3, -0.25) is 14.2 Å². The molecule has 31 heavy (non-hydrogen) atoms. The average Bonchev–Trinajstić information content (AvgIpc) is 3.04. The largest absolute Gasteiger partial charge is 0.324 e. The number of anilines is 1. The number of rotatable bonds is 4. The van der Waals surface area contributed by atoms with E-state index < -0.39 is 6.04 Å². The predicted molar refractivity (Wildman–Crippen MR) is 129 cm³/mol. The summed E-state index contributed by atoms with van der Waals surface area (Å²) < 4.78 is 1.33. The number of carbonyl (C=O) groups excluding carboxylic acids is 1. The van der Waals surface area contributed by atoms with Crippen LogP contribution in [0.3, 0.4) is 0 Å². The lowest BCUT2D eigenvalue weighted by molar-refractivity contribution is -0.118. The molecule has 0 fully saturated rings. The van der Waals surface area contributed by atoms with Crippen LogP contribution in [0.5, 0.6) is 0 Å². The first-order valence-electron chi connectivity index (χ1n) is 9.27. The van der Waals surface area contributed by atoms with Crippen molar-refractivity contribution < 1.29 is 4.79 Å². The Morgan fingerprint density at radius 2 is 1.71 bits per heavy atom. The lowest BCUT2D eigenvalue weighted by atomic mass is 10.0. The summed E-state index contributed by atoms with van der Waals surface area (Å²) in [5.74, 6) is -0.387. The van der Waals surface area contributed by atoms with E-state index in [1.165, 1.54) is 22.2 Å². The van der Waals surface area contributed by atoms with Gasteiger partial charge in [0.1, 0.15) is 10.9 Å². The lowest BCUT2D eigenvalue weighted by Crippen LogP contribution is -2.31. The van der Waals surface area contributed by atoms with Crippen molar-refractivity contribution in [2.75, 3.05) is 5.32 Å². The van der Waals surface area contributed by atoms with Crippen LogP contribution in [0.1, 0.15) is 17.8 Å². The molecule has 158 valence electrons. The highest BCUT2D eigenvalue weighted by molar-refractivity contribution is 7.19. The first kappa shape index (κ1) is 21.8. The normalized spacial score (nSPS) is 12.2. The summed E-state index contributed by atoms with van der Waals surface area (Å²) >= 11 is 19.5. The Labute approximate surface area is 197 Å². The Morgan fingerprint density at radius 1 is 1.06 bits per heavy atom. The van der Waals surface area contributed by atoms with Crippen LogP contribution >= 0.6 is 46.1 Å². The highest BCUT2D eigenvalue weighted by Crippen LogP contribution is 2.36. The molecule has 1 amide bonds. The van der Waals surface area contributed by atoms with Gasteiger partial charge in [0.15, 0.2) is 0 Å². The maximum atomic E-state index is 13.4. The minimum Gasteiger partial charge on any atom is -0.324 e. The first-order valence-corrected chi connectivity index (χ1v) is 11.2. The Bertz CT molecular complexity index is 1340. The van der Waals surface area contributed by atoms with E-state index >= 15 is 0 Å². The van der Waals surface area contributed by atoms with Crippen LogP contribution in [0.15, 0.2) is 53.6 Å². The smallest absolute Gasteiger partial charge is 0.263 e. The lowest BCUT2D eigenvalue weighted by Gasteiger charge is -2.15. The maximum absolute atomic E-state index is 13.4. The van der Waals surface area contributed by atoms with Crippen molar-refractivity contribution in [1.82, 2.24) is 9.55 Å². The number of thiophene rings is 1. The second kappa shape index (κ2) is 8.63. The standard InChI is InChI=1S/C22H16Cl3N3O2S/c1-11(20(29)27-17-8-15(24)7-16(25)9-17)28-10-26-21-19(22(28)30)18(12(2)31-21)13-3-5-14(23)6-4-13/h3-11H,1-2H3,(H,27,29). The molecule has 1 atom stereocenters. The molecule has 5 nitrogen and oxygen atoms in total. The number of hydrogen-bond donors (Lipinski definition) is 1. The molecule has 1 unspecified atom stereocenters. The number of amides is 1. The summed E-state index contributed by atoms with van der Waals surface area (Å²) in [5.41, 5.74) is 1.84. The van der Waals surface area contributed by atoms with E-state index in [0.29, 0.717) is 31.0 Å². The average molecular weight is 493 g/mol. The summed E-state index contributed by atoms with van der Waals surface area (Å²) in [5, 5.41) is 4.65. The second-order valence-corrected chi connectivity index (χ2v) is 9.51. The molecule has 2 aromatic heterocycles. The fraction of sp³-hybridized carbons (Fsp3) is 0.136. The van der Waals surface area contributed by atoms with E-state index in [0.717, 1.165) is 16.0 Å². The van der Waals surface area contributed by atoms with Crippen molar-refractivity contribution in [3.05, 3.63) is 79.1 Å². The summed E-state index contributed by atoms with van der Waals surface area (Å²) in [6.07, 6.45) is 1.40. The summed E-state index contributed by atoms with van der Waals surface area (Å²) in [6.45, 7) is 3.58. The number of hydrogen-bond acceptors (Lipinski definition) is 4. The van der Waals surface area contributed by atoms with Gasteiger partial charge in [-0.05, 0) is 49.7 Å². The molecule has 2 aromatic carbocycles. The van der Waals surface area contributed by atoms with E-state index in [1.54, 1.807) is 37.3 Å². The third kappa shape index (κ3) is 4.34. The maximum Gasteiger partial charge on any atom is 0.263 e. The van der Waals surface area contributed by atoms with Gasteiger partial charge in [0.25, 0.3) is 5.56 Å². The van der Waals surface area contributed by atoms with Gasteiger partial charge >= 0.3 is 0 Å². The fourth-order valence-corrected chi connectivity index (χ4v) is 5.01. The van der Waals surface area contributed by atoms with Crippen LogP contribution < -0.4 is 10.9 Å². The Morgan fingerprint density at radius 3 is 2.35 bits per heavy atom. The van der Waals surface area contributed by atoms with Gasteiger partial charge in [-0.15, -0.1) is 11.3 Å². The molecule has 4 rings (SSSR count). The molecule has 0 bridgehead atoms. The van der Waals surface area contributed by atoms with Crippen LogP contribution in [-0.4, -0.2) is 15.5 Å². The molecule has 0 aliphatic heterocycles. The number of nitrogens with one attached hydrogen (secondary N) is 1. The first-order chi connectivity index (χ1) is 14.7. The highest BCUT2D eigenvalue weighted by atomic mass is 35.5. The summed E-state index contributed by atoms with van der Waals surface area (Å²) in [6, 6.07) is 11.2. The van der Waals surface area contributed by atoms with Gasteiger partial charge in [0.2, 0.25) is 5.91 Å². The topological polar surface area (TPSA) is 64.0 Å². The number of fused-ring (bicyclic) bond motifs is 1. The zero-order valence-corrected chi connectivity index (χ0v) is 19.5. The molecule has 9 heteroatoms. The van der Waals surface area contributed by atoms with Gasteiger partial charge in [0.05, 0.1) is 11.7 Å². The predicted octanol–water partition coefficient (Wildman–Crippen LogP) is 6.59. The van der Waals surface area contributed by atoms with Crippen molar-refractivity contribution >= 4 is 68.0 Å². The van der Waals surface area contributed by atoms with Crippen LogP contribution in [0, 0.1) is 6.92 Å². The quantitative estimate of drug-likeness (QED) is 0.349. The second-order valence-electron chi connectivity index (χ2n) is 7.00. The van der Waals surface area contributed by atoms with Crippen molar-refractivity contribution in [1.29, 1.82) is 0 Å². The van der Waals surface area contributed by atoms with E-state index in [9.17, 15) is 9.59 Å². The van der Waals surface area contributed by atoms with Crippen LogP contribution in [0.4, 0.5) is 5.69 Å².